The summed E-state index contributed by atoms with van der Waals surface area (Å²) in [6.07, 6.45) is 1.02. The van der Waals surface area contributed by atoms with Crippen LogP contribution in [0.2, 0.25) is 0 Å². The summed E-state index contributed by atoms with van der Waals surface area (Å²) in [7, 11) is 0. The van der Waals surface area contributed by atoms with Crippen LogP contribution in [-0.4, -0.2) is 58.4 Å². The van der Waals surface area contributed by atoms with Gasteiger partial charge in [-0.2, -0.15) is 4.98 Å². The zero-order chi connectivity index (χ0) is 26.0. The molecule has 1 atom stereocenters. The molecule has 2 amide bonds. The van der Waals surface area contributed by atoms with Crippen molar-refractivity contribution in [1.82, 2.24) is 14.9 Å². The van der Waals surface area contributed by atoms with Gasteiger partial charge in [-0.15, -0.1) is 0 Å². The number of cyclic esters (lactones) is 1. The summed E-state index contributed by atoms with van der Waals surface area (Å²) in [4.78, 5) is 36.5. The zero-order valence-corrected chi connectivity index (χ0v) is 21.8. The molecule has 10 nitrogen and oxygen atoms in total. The van der Waals surface area contributed by atoms with Crippen molar-refractivity contribution < 1.29 is 23.8 Å². The normalized spacial score (nSPS) is 16.7. The predicted molar refractivity (Wildman–Crippen MR) is 135 cm³/mol. The van der Waals surface area contributed by atoms with Gasteiger partial charge >= 0.3 is 12.2 Å². The van der Waals surface area contributed by atoms with Crippen LogP contribution >= 0.6 is 0 Å². The molecule has 194 valence electrons. The smallest absolute Gasteiger partial charge is 0.416 e. The second kappa shape index (κ2) is 10.2. The maximum Gasteiger partial charge on any atom is 0.416 e. The highest BCUT2D eigenvalue weighted by Gasteiger charge is 2.34. The predicted octanol–water partition coefficient (Wildman–Crippen LogP) is 4.76. The van der Waals surface area contributed by atoms with Crippen LogP contribution in [0.15, 0.2) is 30.5 Å². The first-order valence-electron chi connectivity index (χ1n) is 12.3. The maximum absolute atomic E-state index is 12.2. The van der Waals surface area contributed by atoms with E-state index < -0.39 is 11.7 Å². The SMILES string of the molecule is CC(C)N1C(=O)OCc2cnc(N[C@@H](C)c3ccc(OCC4CN(C(=O)OC(C)(C)C)C4)cc3)nc21. The third-order valence-corrected chi connectivity index (χ3v) is 5.95. The van der Waals surface area contributed by atoms with Crippen molar-refractivity contribution >= 4 is 24.0 Å². The summed E-state index contributed by atoms with van der Waals surface area (Å²) in [5.74, 6) is 2.09. The monoisotopic (exact) mass is 497 g/mol. The van der Waals surface area contributed by atoms with E-state index in [-0.39, 0.29) is 24.8 Å². The summed E-state index contributed by atoms with van der Waals surface area (Å²) in [5.41, 5.74) is 1.34. The lowest BCUT2D eigenvalue weighted by atomic mass is 10.0. The Bertz CT molecular complexity index is 1090. The molecule has 1 aromatic carbocycles. The lowest BCUT2D eigenvalue weighted by Crippen LogP contribution is -2.53. The molecule has 1 fully saturated rings. The number of anilines is 2. The first-order valence-corrected chi connectivity index (χ1v) is 12.3. The van der Waals surface area contributed by atoms with Gasteiger partial charge in [-0.05, 0) is 59.2 Å². The number of nitrogens with one attached hydrogen (secondary N) is 1. The van der Waals surface area contributed by atoms with E-state index in [2.05, 4.69) is 15.3 Å². The molecule has 10 heteroatoms. The molecule has 2 aliphatic heterocycles. The highest BCUT2D eigenvalue weighted by molar-refractivity contribution is 5.89. The number of fused-ring (bicyclic) bond motifs is 1. The topological polar surface area (TPSA) is 106 Å². The van der Waals surface area contributed by atoms with E-state index in [9.17, 15) is 9.59 Å². The maximum atomic E-state index is 12.2. The Morgan fingerprint density at radius 3 is 2.53 bits per heavy atom. The lowest BCUT2D eigenvalue weighted by molar-refractivity contribution is -0.00782. The van der Waals surface area contributed by atoms with Gasteiger partial charge in [-0.25, -0.2) is 14.6 Å². The molecule has 2 aromatic rings. The quantitative estimate of drug-likeness (QED) is 0.584. The van der Waals surface area contributed by atoms with Crippen molar-refractivity contribution in [2.45, 2.75) is 65.8 Å². The molecule has 4 rings (SSSR count). The van der Waals surface area contributed by atoms with Crippen LogP contribution in [-0.2, 0) is 16.1 Å². The first-order chi connectivity index (χ1) is 17.0. The van der Waals surface area contributed by atoms with E-state index in [4.69, 9.17) is 14.2 Å². The molecule has 0 bridgehead atoms. The number of amides is 2. The van der Waals surface area contributed by atoms with Crippen molar-refractivity contribution in [1.29, 1.82) is 0 Å². The number of hydrogen-bond donors (Lipinski definition) is 1. The highest BCUT2D eigenvalue weighted by atomic mass is 16.6. The van der Waals surface area contributed by atoms with E-state index in [1.807, 2.05) is 65.8 Å². The van der Waals surface area contributed by atoms with Gasteiger partial charge in [-0.3, -0.25) is 4.90 Å². The van der Waals surface area contributed by atoms with E-state index in [1.165, 1.54) is 4.90 Å². The summed E-state index contributed by atoms with van der Waals surface area (Å²) in [6, 6.07) is 7.72. The largest absolute Gasteiger partial charge is 0.493 e. The number of benzene rings is 1. The third-order valence-electron chi connectivity index (χ3n) is 5.95. The highest BCUT2D eigenvalue weighted by Crippen LogP contribution is 2.29. The van der Waals surface area contributed by atoms with Crippen LogP contribution in [0.4, 0.5) is 21.4 Å². The van der Waals surface area contributed by atoms with Gasteiger partial charge in [0.2, 0.25) is 5.95 Å². The minimum Gasteiger partial charge on any atom is -0.493 e. The Morgan fingerprint density at radius 2 is 1.89 bits per heavy atom. The number of carbonyl (C=O) groups excluding carboxylic acids is 2. The molecule has 0 spiro atoms. The summed E-state index contributed by atoms with van der Waals surface area (Å²) in [5, 5.41) is 3.31. The molecule has 1 N–H and O–H groups in total. The minimum atomic E-state index is -0.485. The number of likely N-dealkylation sites (tertiary alicyclic amines) is 1. The van der Waals surface area contributed by atoms with E-state index in [1.54, 1.807) is 11.1 Å². The van der Waals surface area contributed by atoms with Gasteiger partial charge in [0.05, 0.1) is 18.2 Å². The molecule has 3 heterocycles. The number of ether oxygens (including phenoxy) is 3. The number of aromatic nitrogens is 2. The standard InChI is InChI=1S/C26H35N5O5/c1-16(2)31-22-20(15-35-25(31)33)11-27-23(29-22)28-17(3)19-7-9-21(10-8-19)34-14-18-12-30(13-18)24(32)36-26(4,5)6/h7-11,16-18H,12-15H2,1-6H3,(H,27,28,29)/t17-/m0/s1. The van der Waals surface area contributed by atoms with E-state index in [0.717, 1.165) is 16.9 Å². The third kappa shape index (κ3) is 5.98. The van der Waals surface area contributed by atoms with Crippen LogP contribution < -0.4 is 15.0 Å². The van der Waals surface area contributed by atoms with Crippen molar-refractivity contribution in [2.24, 2.45) is 5.92 Å². The number of rotatable bonds is 7. The van der Waals surface area contributed by atoms with Crippen LogP contribution in [0, 0.1) is 5.92 Å². The number of hydrogen-bond acceptors (Lipinski definition) is 8. The fourth-order valence-corrected chi connectivity index (χ4v) is 4.02. The summed E-state index contributed by atoms with van der Waals surface area (Å²) >= 11 is 0. The van der Waals surface area contributed by atoms with Gasteiger partial charge in [-0.1, -0.05) is 12.1 Å². The molecule has 36 heavy (non-hydrogen) atoms. The molecule has 1 aromatic heterocycles. The molecular weight excluding hydrogens is 462 g/mol. The average Bonchev–Trinajstić information content (AvgIpc) is 2.76. The first kappa shape index (κ1) is 25.5. The van der Waals surface area contributed by atoms with E-state index in [0.29, 0.717) is 37.4 Å². The van der Waals surface area contributed by atoms with Gasteiger partial charge in [0, 0.05) is 31.2 Å². The fourth-order valence-electron chi connectivity index (χ4n) is 4.02. The van der Waals surface area contributed by atoms with Crippen molar-refractivity contribution in [3.8, 4) is 5.75 Å². The molecule has 1 saturated heterocycles. The zero-order valence-electron chi connectivity index (χ0n) is 21.8. The van der Waals surface area contributed by atoms with Gasteiger partial charge in [0.25, 0.3) is 0 Å². The summed E-state index contributed by atoms with van der Waals surface area (Å²) in [6.45, 7) is 13.4. The number of nitrogens with zero attached hydrogens (tertiary/aromatic N) is 4. The molecule has 0 unspecified atom stereocenters. The Labute approximate surface area is 211 Å². The Hall–Kier alpha value is -3.56. The molecule has 2 aliphatic rings. The lowest BCUT2D eigenvalue weighted by Gasteiger charge is -2.39. The van der Waals surface area contributed by atoms with Gasteiger partial charge in [0.15, 0.2) is 0 Å². The second-order valence-corrected chi connectivity index (χ2v) is 10.6. The van der Waals surface area contributed by atoms with Crippen molar-refractivity contribution in [2.75, 3.05) is 29.9 Å². The van der Waals surface area contributed by atoms with Crippen molar-refractivity contribution in [3.05, 3.63) is 41.6 Å². The molecule has 0 aliphatic carbocycles. The van der Waals surface area contributed by atoms with Crippen LogP contribution in [0.3, 0.4) is 0 Å². The van der Waals surface area contributed by atoms with Crippen LogP contribution in [0.1, 0.15) is 58.7 Å². The van der Waals surface area contributed by atoms with Crippen LogP contribution in [0.5, 0.6) is 5.75 Å². The minimum absolute atomic E-state index is 0.0610. The molecular formula is C26H35N5O5. The molecule has 0 saturated carbocycles. The Morgan fingerprint density at radius 1 is 1.19 bits per heavy atom. The average molecular weight is 498 g/mol. The second-order valence-electron chi connectivity index (χ2n) is 10.6. The molecule has 0 radical (unpaired) electrons. The fraction of sp³-hybridized carbons (Fsp3) is 0.538. The van der Waals surface area contributed by atoms with Gasteiger partial charge < -0.3 is 24.4 Å². The van der Waals surface area contributed by atoms with Crippen LogP contribution in [0.25, 0.3) is 0 Å². The Balaban J connectivity index is 1.28. The number of carbonyl (C=O) groups is 2. The Kier molecular flexibility index (Phi) is 7.23. The van der Waals surface area contributed by atoms with Crippen molar-refractivity contribution in [3.63, 3.8) is 0 Å². The van der Waals surface area contributed by atoms with Gasteiger partial charge in [0.1, 0.15) is 23.8 Å². The summed E-state index contributed by atoms with van der Waals surface area (Å²) < 4.78 is 16.5. The van der Waals surface area contributed by atoms with E-state index >= 15 is 0 Å².